The summed E-state index contributed by atoms with van der Waals surface area (Å²) in [7, 11) is 0. The third kappa shape index (κ3) is 4.77. The fourth-order valence-corrected chi connectivity index (χ4v) is 3.46. The van der Waals surface area contributed by atoms with E-state index in [1.54, 1.807) is 6.92 Å². The second-order valence-electron chi connectivity index (χ2n) is 7.01. The Hall–Kier alpha value is -2.50. The number of rotatable bonds is 5. The number of amides is 1. The summed E-state index contributed by atoms with van der Waals surface area (Å²) in [5.41, 5.74) is 1.29. The van der Waals surface area contributed by atoms with Crippen molar-refractivity contribution >= 4 is 5.91 Å². The molecule has 0 radical (unpaired) electrons. The number of aryl methyl sites for hydroxylation is 2. The molecule has 1 atom stereocenters. The second-order valence-corrected chi connectivity index (χ2v) is 7.01. The molecule has 1 N–H and O–H groups in total. The van der Waals surface area contributed by atoms with Gasteiger partial charge in [-0.05, 0) is 56.2 Å². The van der Waals surface area contributed by atoms with E-state index in [2.05, 4.69) is 9.97 Å². The normalized spacial score (nSPS) is 17.3. The fourth-order valence-electron chi connectivity index (χ4n) is 3.46. The first-order chi connectivity index (χ1) is 12.5. The van der Waals surface area contributed by atoms with Gasteiger partial charge in [0.05, 0.1) is 6.42 Å². The van der Waals surface area contributed by atoms with Crippen molar-refractivity contribution in [3.63, 3.8) is 0 Å². The number of piperidine rings is 1. The highest BCUT2D eigenvalue weighted by Crippen LogP contribution is 2.22. The average molecular weight is 357 g/mol. The smallest absolute Gasteiger partial charge is 0.254 e. The van der Waals surface area contributed by atoms with E-state index < -0.39 is 0 Å². The van der Waals surface area contributed by atoms with E-state index in [1.165, 1.54) is 18.3 Å². The minimum Gasteiger partial charge on any atom is -0.342 e. The van der Waals surface area contributed by atoms with E-state index in [0.29, 0.717) is 17.3 Å². The Morgan fingerprint density at radius 1 is 1.35 bits per heavy atom. The van der Waals surface area contributed by atoms with Gasteiger partial charge in [-0.1, -0.05) is 12.1 Å². The van der Waals surface area contributed by atoms with E-state index in [0.717, 1.165) is 44.3 Å². The number of nitrogens with one attached hydrogen (secondary N) is 1. The molecule has 3 rings (SSSR count). The molecule has 1 aliphatic heterocycles. The van der Waals surface area contributed by atoms with Crippen molar-refractivity contribution in [1.29, 1.82) is 0 Å². The fraction of sp³-hybridized carbons (Fsp3) is 0.450. The van der Waals surface area contributed by atoms with Gasteiger partial charge in [0.15, 0.2) is 0 Å². The molecule has 1 aliphatic rings. The standard InChI is InChI=1S/C20H24FN3O2/c1-14-22-12-17(20(26)23-14)11-19(25)24-10-2-3-16(13-24)5-4-15-6-8-18(21)9-7-15/h6-9,12,16H,2-5,10-11,13H2,1H3,(H,22,23,26)/t16-/m1/s1. The molecule has 5 nitrogen and oxygen atoms in total. The summed E-state index contributed by atoms with van der Waals surface area (Å²) in [6.07, 6.45) is 5.51. The number of H-pyrrole nitrogens is 1. The van der Waals surface area contributed by atoms with Gasteiger partial charge in [-0.3, -0.25) is 9.59 Å². The van der Waals surface area contributed by atoms with E-state index in [1.807, 2.05) is 17.0 Å². The van der Waals surface area contributed by atoms with Crippen molar-refractivity contribution in [2.24, 2.45) is 5.92 Å². The first-order valence-electron chi connectivity index (χ1n) is 9.08. The summed E-state index contributed by atoms with van der Waals surface area (Å²) in [6.45, 7) is 3.17. The maximum Gasteiger partial charge on any atom is 0.254 e. The Morgan fingerprint density at radius 2 is 2.12 bits per heavy atom. The molecule has 1 fully saturated rings. The molecule has 0 saturated carbocycles. The number of nitrogens with zero attached hydrogens (tertiary/aromatic N) is 2. The van der Waals surface area contributed by atoms with Gasteiger partial charge in [-0.15, -0.1) is 0 Å². The number of aromatic nitrogens is 2. The highest BCUT2D eigenvalue weighted by Gasteiger charge is 2.24. The first kappa shape index (κ1) is 18.3. The van der Waals surface area contributed by atoms with E-state index >= 15 is 0 Å². The lowest BCUT2D eigenvalue weighted by molar-refractivity contribution is -0.132. The third-order valence-corrected chi connectivity index (χ3v) is 4.97. The molecule has 0 aliphatic carbocycles. The molecule has 0 unspecified atom stereocenters. The molecule has 1 saturated heterocycles. The van der Waals surface area contributed by atoms with Gasteiger partial charge in [0.2, 0.25) is 5.91 Å². The molecule has 1 aromatic heterocycles. The topological polar surface area (TPSA) is 66.1 Å². The van der Waals surface area contributed by atoms with Gasteiger partial charge in [0, 0.05) is 24.8 Å². The molecule has 1 aromatic carbocycles. The molecular weight excluding hydrogens is 333 g/mol. The monoisotopic (exact) mass is 357 g/mol. The highest BCUT2D eigenvalue weighted by molar-refractivity contribution is 5.78. The van der Waals surface area contributed by atoms with Crippen LogP contribution in [0.1, 0.15) is 36.2 Å². The summed E-state index contributed by atoms with van der Waals surface area (Å²) in [5.74, 6) is 0.744. The van der Waals surface area contributed by atoms with Gasteiger partial charge in [-0.2, -0.15) is 0 Å². The highest BCUT2D eigenvalue weighted by atomic mass is 19.1. The van der Waals surface area contributed by atoms with Crippen LogP contribution in [-0.4, -0.2) is 33.9 Å². The van der Waals surface area contributed by atoms with Gasteiger partial charge >= 0.3 is 0 Å². The number of halogens is 1. The van der Waals surface area contributed by atoms with Crippen molar-refractivity contribution in [3.8, 4) is 0 Å². The van der Waals surface area contributed by atoms with Crippen LogP contribution in [0.5, 0.6) is 0 Å². The summed E-state index contributed by atoms with van der Waals surface area (Å²) in [5, 5.41) is 0. The van der Waals surface area contributed by atoms with Crippen LogP contribution in [0.15, 0.2) is 35.3 Å². The van der Waals surface area contributed by atoms with Crippen molar-refractivity contribution in [2.75, 3.05) is 13.1 Å². The zero-order valence-electron chi connectivity index (χ0n) is 15.0. The van der Waals surface area contributed by atoms with Crippen LogP contribution < -0.4 is 5.56 Å². The Kier molecular flexibility index (Phi) is 5.81. The Labute approximate surface area is 152 Å². The summed E-state index contributed by atoms with van der Waals surface area (Å²) < 4.78 is 13.0. The largest absolute Gasteiger partial charge is 0.342 e. The van der Waals surface area contributed by atoms with Crippen LogP contribution in [0.3, 0.4) is 0 Å². The zero-order chi connectivity index (χ0) is 18.5. The lowest BCUT2D eigenvalue weighted by Gasteiger charge is -2.33. The number of benzene rings is 1. The molecule has 2 aromatic rings. The number of carbonyl (C=O) groups is 1. The van der Waals surface area contributed by atoms with Crippen LogP contribution in [0.4, 0.5) is 4.39 Å². The number of likely N-dealkylation sites (tertiary alicyclic amines) is 1. The zero-order valence-corrected chi connectivity index (χ0v) is 15.0. The van der Waals surface area contributed by atoms with Crippen LogP contribution in [0, 0.1) is 18.7 Å². The van der Waals surface area contributed by atoms with E-state index in [4.69, 9.17) is 0 Å². The predicted molar refractivity (Wildman–Crippen MR) is 97.3 cm³/mol. The summed E-state index contributed by atoms with van der Waals surface area (Å²) in [4.78, 5) is 33.0. The second kappa shape index (κ2) is 8.25. The quantitative estimate of drug-likeness (QED) is 0.895. The van der Waals surface area contributed by atoms with Gasteiger partial charge in [0.25, 0.3) is 5.56 Å². The third-order valence-electron chi connectivity index (χ3n) is 4.97. The van der Waals surface area contributed by atoms with Crippen molar-refractivity contribution in [2.45, 2.75) is 39.0 Å². The Bertz CT molecular complexity index is 817. The summed E-state index contributed by atoms with van der Waals surface area (Å²) >= 11 is 0. The Morgan fingerprint density at radius 3 is 2.85 bits per heavy atom. The number of hydrogen-bond donors (Lipinski definition) is 1. The van der Waals surface area contributed by atoms with Crippen LogP contribution in [-0.2, 0) is 17.6 Å². The van der Waals surface area contributed by atoms with Crippen molar-refractivity contribution < 1.29 is 9.18 Å². The SMILES string of the molecule is Cc1ncc(CC(=O)N2CCC[C@H](CCc3ccc(F)cc3)C2)c(=O)[nH]1. The first-order valence-corrected chi connectivity index (χ1v) is 9.08. The molecule has 2 heterocycles. The molecule has 0 bridgehead atoms. The molecule has 0 spiro atoms. The summed E-state index contributed by atoms with van der Waals surface area (Å²) in [6, 6.07) is 6.61. The lowest BCUT2D eigenvalue weighted by atomic mass is 9.91. The van der Waals surface area contributed by atoms with E-state index in [-0.39, 0.29) is 23.7 Å². The van der Waals surface area contributed by atoms with Crippen LogP contribution in [0.2, 0.25) is 0 Å². The van der Waals surface area contributed by atoms with Gasteiger partial charge in [-0.25, -0.2) is 9.37 Å². The van der Waals surface area contributed by atoms with Gasteiger partial charge in [0.1, 0.15) is 11.6 Å². The average Bonchev–Trinajstić information content (AvgIpc) is 2.64. The minimum atomic E-state index is -0.240. The number of aromatic amines is 1. The molecule has 6 heteroatoms. The maximum absolute atomic E-state index is 13.0. The molecular formula is C20H24FN3O2. The Balaban J connectivity index is 1.54. The lowest BCUT2D eigenvalue weighted by Crippen LogP contribution is -2.41. The molecule has 138 valence electrons. The van der Waals surface area contributed by atoms with Crippen LogP contribution >= 0.6 is 0 Å². The van der Waals surface area contributed by atoms with Crippen molar-refractivity contribution in [3.05, 3.63) is 63.6 Å². The minimum absolute atomic E-state index is 0.0207. The van der Waals surface area contributed by atoms with Crippen LogP contribution in [0.25, 0.3) is 0 Å². The number of carbonyl (C=O) groups excluding carboxylic acids is 1. The maximum atomic E-state index is 13.0. The number of hydrogen-bond acceptors (Lipinski definition) is 3. The molecule has 1 amide bonds. The predicted octanol–water partition coefficient (Wildman–Crippen LogP) is 2.63. The van der Waals surface area contributed by atoms with E-state index in [9.17, 15) is 14.0 Å². The van der Waals surface area contributed by atoms with Crippen molar-refractivity contribution in [1.82, 2.24) is 14.9 Å². The molecule has 26 heavy (non-hydrogen) atoms. The van der Waals surface area contributed by atoms with Gasteiger partial charge < -0.3 is 9.88 Å².